The Bertz CT molecular complexity index is 1520. The molecule has 2 aliphatic heterocycles. The Morgan fingerprint density at radius 1 is 0.956 bits per heavy atom. The predicted octanol–water partition coefficient (Wildman–Crippen LogP) is 5.65. The van der Waals surface area contributed by atoms with E-state index in [0.717, 1.165) is 36.2 Å². The Morgan fingerprint density at radius 3 is 2.24 bits per heavy atom. The molecule has 0 aromatic heterocycles. The quantitative estimate of drug-likeness (QED) is 0.288. The number of nitrogens with zero attached hydrogens (tertiary/aromatic N) is 1. The number of rotatable bonds is 11. The average molecular weight is 647 g/mol. The summed E-state index contributed by atoms with van der Waals surface area (Å²) in [5.41, 5.74) is 1.39. The first kappa shape index (κ1) is 32.8. The fourth-order valence-corrected chi connectivity index (χ4v) is 6.39. The second kappa shape index (κ2) is 14.2. The normalized spacial score (nSPS) is 19.4. The van der Waals surface area contributed by atoms with Crippen LogP contribution < -0.4 is 15.0 Å². The molecular weight excluding hydrogens is 609 g/mol. The first-order valence-corrected chi connectivity index (χ1v) is 16.7. The summed E-state index contributed by atoms with van der Waals surface area (Å²) in [6.07, 6.45) is -2.32. The second-order valence-electron chi connectivity index (χ2n) is 11.2. The van der Waals surface area contributed by atoms with Crippen molar-refractivity contribution in [3.05, 3.63) is 89.5 Å². The number of hydrogen-bond donors (Lipinski definition) is 1. The Labute approximate surface area is 261 Å². The molecule has 2 saturated heterocycles. The smallest absolute Gasteiger partial charge is 0.416 e. The van der Waals surface area contributed by atoms with Crippen molar-refractivity contribution in [2.24, 2.45) is 0 Å². The maximum atomic E-state index is 13.0. The van der Waals surface area contributed by atoms with Gasteiger partial charge in [0, 0.05) is 37.4 Å². The van der Waals surface area contributed by atoms with E-state index >= 15 is 0 Å². The van der Waals surface area contributed by atoms with E-state index in [0.29, 0.717) is 44.1 Å². The van der Waals surface area contributed by atoms with Crippen LogP contribution in [0.4, 0.5) is 18.9 Å². The summed E-state index contributed by atoms with van der Waals surface area (Å²) < 4.78 is 80.8. The highest BCUT2D eigenvalue weighted by Crippen LogP contribution is 2.33. The Balaban J connectivity index is 1.22. The first-order valence-electron chi connectivity index (χ1n) is 15.0. The van der Waals surface area contributed by atoms with Crippen LogP contribution in [0.15, 0.2) is 77.7 Å². The molecule has 3 aromatic rings. The van der Waals surface area contributed by atoms with Crippen molar-refractivity contribution in [2.45, 2.75) is 62.1 Å². The van der Waals surface area contributed by atoms with Crippen LogP contribution in [0, 0.1) is 0 Å². The van der Waals surface area contributed by atoms with Crippen LogP contribution in [0.25, 0.3) is 0 Å². The number of ether oxygens (including phenoxy) is 3. The molecule has 2 fully saturated rings. The lowest BCUT2D eigenvalue weighted by Crippen LogP contribution is -2.36. The van der Waals surface area contributed by atoms with Crippen molar-refractivity contribution < 1.29 is 40.6 Å². The molecule has 0 radical (unpaired) electrons. The van der Waals surface area contributed by atoms with Gasteiger partial charge < -0.3 is 24.4 Å². The highest BCUT2D eigenvalue weighted by Gasteiger charge is 2.35. The molecule has 0 saturated carbocycles. The summed E-state index contributed by atoms with van der Waals surface area (Å²) in [7, 11) is -3.29. The van der Waals surface area contributed by atoms with E-state index in [1.165, 1.54) is 12.1 Å². The first-order chi connectivity index (χ1) is 21.5. The van der Waals surface area contributed by atoms with E-state index in [4.69, 9.17) is 14.2 Å². The monoisotopic (exact) mass is 646 g/mol. The van der Waals surface area contributed by atoms with Gasteiger partial charge in [-0.05, 0) is 79.1 Å². The van der Waals surface area contributed by atoms with Crippen molar-refractivity contribution in [3.8, 4) is 5.75 Å². The minimum atomic E-state index is -4.41. The van der Waals surface area contributed by atoms with Gasteiger partial charge in [0.15, 0.2) is 9.84 Å². The van der Waals surface area contributed by atoms with Crippen LogP contribution >= 0.6 is 0 Å². The molecule has 1 amide bonds. The standard InChI is InChI=1S/C33H37F3N2O6S/c1-2-45(40,41)31-13-3-23(4-14-31)20-37-32(39)24-5-9-26(10-6-24)38-21-30(19-27(38)22-43-28-15-17-42-18-16-28)44-29-11-7-25(8-12-29)33(34,35)36/h3-14,27-28,30H,2,15-22H2,1H3,(H,37,39)/t27-,30+/m0/s1. The van der Waals surface area contributed by atoms with Gasteiger partial charge in [0.05, 0.1) is 41.5 Å². The molecule has 0 aliphatic carbocycles. The van der Waals surface area contributed by atoms with Gasteiger partial charge in [-0.25, -0.2) is 8.42 Å². The lowest BCUT2D eigenvalue weighted by atomic mass is 10.1. The lowest BCUT2D eigenvalue weighted by Gasteiger charge is -2.29. The zero-order valence-electron chi connectivity index (χ0n) is 25.0. The van der Waals surface area contributed by atoms with E-state index in [-0.39, 0.29) is 41.4 Å². The zero-order valence-corrected chi connectivity index (χ0v) is 25.8. The Hall–Kier alpha value is -3.61. The van der Waals surface area contributed by atoms with Gasteiger partial charge in [-0.1, -0.05) is 19.1 Å². The van der Waals surface area contributed by atoms with E-state index in [1.807, 2.05) is 12.1 Å². The maximum absolute atomic E-state index is 13.0. The number of anilines is 1. The molecular formula is C33H37F3N2O6S. The number of alkyl halides is 3. The number of halogens is 3. The van der Waals surface area contributed by atoms with Crippen LogP contribution in [0.1, 0.15) is 47.7 Å². The highest BCUT2D eigenvalue weighted by molar-refractivity contribution is 7.91. The summed E-state index contributed by atoms with van der Waals surface area (Å²) in [6.45, 7) is 4.11. The topological polar surface area (TPSA) is 94.2 Å². The molecule has 3 aromatic carbocycles. The zero-order chi connectivity index (χ0) is 32.0. The molecule has 0 unspecified atom stereocenters. The van der Waals surface area contributed by atoms with Gasteiger partial charge in [0.2, 0.25) is 0 Å². The fraction of sp³-hybridized carbons (Fsp3) is 0.424. The van der Waals surface area contributed by atoms with Crippen LogP contribution in [0.5, 0.6) is 5.75 Å². The number of sulfone groups is 1. The number of carbonyl (C=O) groups is 1. The summed E-state index contributed by atoms with van der Waals surface area (Å²) in [5, 5.41) is 2.87. The van der Waals surface area contributed by atoms with Crippen molar-refractivity contribution in [1.82, 2.24) is 5.32 Å². The van der Waals surface area contributed by atoms with Crippen molar-refractivity contribution >= 4 is 21.4 Å². The average Bonchev–Trinajstić information content (AvgIpc) is 3.45. The van der Waals surface area contributed by atoms with Gasteiger partial charge in [-0.15, -0.1) is 0 Å². The Kier molecular flexibility index (Phi) is 10.4. The van der Waals surface area contributed by atoms with Gasteiger partial charge in [-0.3, -0.25) is 4.79 Å². The lowest BCUT2D eigenvalue weighted by molar-refractivity contribution is -0.137. The number of amides is 1. The van der Waals surface area contributed by atoms with E-state index in [1.54, 1.807) is 43.3 Å². The summed E-state index contributed by atoms with van der Waals surface area (Å²) in [4.78, 5) is 15.3. The van der Waals surface area contributed by atoms with Crippen LogP contribution in [-0.4, -0.2) is 64.7 Å². The maximum Gasteiger partial charge on any atom is 0.416 e. The van der Waals surface area contributed by atoms with E-state index < -0.39 is 21.6 Å². The molecule has 45 heavy (non-hydrogen) atoms. The van der Waals surface area contributed by atoms with Crippen LogP contribution in [0.2, 0.25) is 0 Å². The minimum Gasteiger partial charge on any atom is -0.489 e. The predicted molar refractivity (Wildman–Crippen MR) is 163 cm³/mol. The largest absolute Gasteiger partial charge is 0.489 e. The number of benzene rings is 3. The Morgan fingerprint density at radius 2 is 1.62 bits per heavy atom. The third-order valence-electron chi connectivity index (χ3n) is 8.13. The van der Waals surface area contributed by atoms with Gasteiger partial charge >= 0.3 is 6.18 Å². The van der Waals surface area contributed by atoms with Gasteiger partial charge in [0.25, 0.3) is 5.91 Å². The van der Waals surface area contributed by atoms with Crippen LogP contribution in [-0.2, 0) is 32.0 Å². The van der Waals surface area contributed by atoms with Gasteiger partial charge in [-0.2, -0.15) is 13.2 Å². The second-order valence-corrected chi connectivity index (χ2v) is 13.5. The highest BCUT2D eigenvalue weighted by atomic mass is 32.2. The van der Waals surface area contributed by atoms with Crippen LogP contribution in [0.3, 0.4) is 0 Å². The van der Waals surface area contributed by atoms with E-state index in [2.05, 4.69) is 10.2 Å². The van der Waals surface area contributed by atoms with E-state index in [9.17, 15) is 26.4 Å². The molecule has 2 aliphatic rings. The van der Waals surface area contributed by atoms with Crippen molar-refractivity contribution in [2.75, 3.05) is 37.0 Å². The minimum absolute atomic E-state index is 0.0209. The van der Waals surface area contributed by atoms with Crippen molar-refractivity contribution in [1.29, 1.82) is 0 Å². The van der Waals surface area contributed by atoms with Gasteiger partial charge in [0.1, 0.15) is 11.9 Å². The molecule has 8 nitrogen and oxygen atoms in total. The molecule has 5 rings (SSSR count). The molecule has 2 heterocycles. The third-order valence-corrected chi connectivity index (χ3v) is 9.88. The molecule has 0 bridgehead atoms. The van der Waals surface area contributed by atoms with Crippen molar-refractivity contribution in [3.63, 3.8) is 0 Å². The fourth-order valence-electron chi connectivity index (χ4n) is 5.51. The molecule has 242 valence electrons. The number of hydrogen-bond acceptors (Lipinski definition) is 7. The number of nitrogens with one attached hydrogen (secondary N) is 1. The molecule has 0 spiro atoms. The summed E-state index contributed by atoms with van der Waals surface area (Å²) in [5.74, 6) is 0.122. The molecule has 12 heteroatoms. The summed E-state index contributed by atoms with van der Waals surface area (Å²) >= 11 is 0. The third kappa shape index (κ3) is 8.56. The molecule has 1 N–H and O–H groups in total. The number of carbonyl (C=O) groups excluding carboxylic acids is 1. The molecule has 2 atom stereocenters. The SMILES string of the molecule is CCS(=O)(=O)c1ccc(CNC(=O)c2ccc(N3C[C@H](Oc4ccc(C(F)(F)F)cc4)C[C@H]3COC3CCOCC3)cc2)cc1. The summed E-state index contributed by atoms with van der Waals surface area (Å²) in [6, 6.07) is 18.3.